The fraction of sp³-hybridized carbons (Fsp3) is 0.436. The van der Waals surface area contributed by atoms with Gasteiger partial charge in [0.2, 0.25) is 5.91 Å². The molecule has 0 radical (unpaired) electrons. The van der Waals surface area contributed by atoms with E-state index in [0.29, 0.717) is 47.7 Å². The zero-order valence-corrected chi connectivity index (χ0v) is 31.2. The summed E-state index contributed by atoms with van der Waals surface area (Å²) in [7, 11) is 3.11. The molecule has 0 bridgehead atoms. The molecule has 3 aliphatic rings. The number of benzene rings is 2. The third-order valence-corrected chi connectivity index (χ3v) is 11.3. The van der Waals surface area contributed by atoms with Gasteiger partial charge in [-0.05, 0) is 73.2 Å². The Balaban J connectivity index is 1.20. The number of pyridine rings is 1. The lowest BCUT2D eigenvalue weighted by molar-refractivity contribution is -0.128. The van der Waals surface area contributed by atoms with E-state index in [2.05, 4.69) is 35.6 Å². The maximum Gasteiger partial charge on any atom is 0.344 e. The van der Waals surface area contributed by atoms with Gasteiger partial charge in [-0.1, -0.05) is 13.0 Å². The quantitative estimate of drug-likeness (QED) is 0.143. The number of fused-ring (bicyclic) bond motifs is 3. The topological polar surface area (TPSA) is 171 Å². The van der Waals surface area contributed by atoms with Gasteiger partial charge in [0, 0.05) is 57.1 Å². The monoisotopic (exact) mass is 773 g/mol. The number of anilines is 2. The number of aliphatic hydroxyl groups excluding tert-OH is 1. The molecule has 2 amide bonds. The van der Waals surface area contributed by atoms with Crippen LogP contribution in [-0.2, 0) is 17.8 Å². The van der Waals surface area contributed by atoms with Gasteiger partial charge in [0.25, 0.3) is 0 Å². The van der Waals surface area contributed by atoms with Crippen LogP contribution in [0.4, 0.5) is 29.6 Å². The normalized spacial score (nSPS) is 21.9. The zero-order chi connectivity index (χ0) is 39.5. The largest absolute Gasteiger partial charge is 0.508 e. The van der Waals surface area contributed by atoms with Crippen molar-refractivity contribution in [1.82, 2.24) is 34.5 Å². The van der Waals surface area contributed by atoms with Gasteiger partial charge >= 0.3 is 12.0 Å². The molecule has 56 heavy (non-hydrogen) atoms. The number of nitrogens with one attached hydrogen (secondary N) is 2. The zero-order valence-electron chi connectivity index (χ0n) is 31.2. The Hall–Kier alpha value is -5.55. The first kappa shape index (κ1) is 37.4. The molecule has 2 aromatic carbocycles. The summed E-state index contributed by atoms with van der Waals surface area (Å²) in [6, 6.07) is 4.96. The molecule has 1 saturated carbocycles. The molecule has 5 heterocycles. The maximum absolute atomic E-state index is 17.0. The average molecular weight is 774 g/mol. The van der Waals surface area contributed by atoms with Gasteiger partial charge in [0.05, 0.1) is 22.9 Å². The molecular formula is C39H42F3N9O5. The number of carbonyl (C=O) groups excluding carboxylic acids is 2. The molecule has 1 aliphatic carbocycles. The number of aliphatic hydroxyl groups is 1. The van der Waals surface area contributed by atoms with Crippen molar-refractivity contribution in [3.05, 3.63) is 59.4 Å². The fourth-order valence-corrected chi connectivity index (χ4v) is 8.23. The summed E-state index contributed by atoms with van der Waals surface area (Å²) in [4.78, 5) is 42.8. The highest BCUT2D eigenvalue weighted by Gasteiger charge is 2.49. The Kier molecular flexibility index (Phi) is 9.68. The molecule has 4 N–H and O–H groups in total. The second-order valence-electron chi connectivity index (χ2n) is 15.1. The summed E-state index contributed by atoms with van der Waals surface area (Å²) in [6.07, 6.45) is 4.22. The van der Waals surface area contributed by atoms with Crippen LogP contribution in [0.5, 0.6) is 11.8 Å². The van der Waals surface area contributed by atoms with Crippen LogP contribution in [0.25, 0.3) is 32.9 Å². The highest BCUT2D eigenvalue weighted by molar-refractivity contribution is 6.02. The number of alkyl halides is 1. The SMILES string of the molecule is CCc1c(F)ccc2cc(O)cc(-c3ncc4c(NCc5cn(C(=O)N(C)C)nc5NC(=O)C5CCC5O)nc(OC[C@@]56CCCN5C[C@H](F)C6)nc4c3F)c12. The second kappa shape index (κ2) is 14.5. The minimum atomic E-state index is -1.00. The minimum Gasteiger partial charge on any atom is -0.508 e. The number of amides is 2. The van der Waals surface area contributed by atoms with Crippen molar-refractivity contribution in [2.24, 2.45) is 5.92 Å². The van der Waals surface area contributed by atoms with Crippen LogP contribution in [0.2, 0.25) is 0 Å². The predicted molar refractivity (Wildman–Crippen MR) is 201 cm³/mol. The first-order valence-corrected chi connectivity index (χ1v) is 18.7. The summed E-state index contributed by atoms with van der Waals surface area (Å²) < 4.78 is 54.0. The molecule has 4 atom stereocenters. The van der Waals surface area contributed by atoms with E-state index in [1.54, 1.807) is 21.0 Å². The van der Waals surface area contributed by atoms with E-state index in [9.17, 15) is 24.2 Å². The number of rotatable bonds is 10. The second-order valence-corrected chi connectivity index (χ2v) is 15.1. The van der Waals surface area contributed by atoms with Crippen molar-refractivity contribution in [1.29, 1.82) is 0 Å². The van der Waals surface area contributed by atoms with Crippen LogP contribution in [0, 0.1) is 17.6 Å². The Bertz CT molecular complexity index is 2370. The van der Waals surface area contributed by atoms with Crippen LogP contribution < -0.4 is 15.4 Å². The van der Waals surface area contributed by atoms with Crippen molar-refractivity contribution in [2.45, 2.75) is 69.8 Å². The summed E-state index contributed by atoms with van der Waals surface area (Å²) in [5.41, 5.74) is -0.0426. The highest BCUT2D eigenvalue weighted by Crippen LogP contribution is 2.42. The number of phenolic OH excluding ortho intramolecular Hbond substituents is 1. The van der Waals surface area contributed by atoms with Crippen LogP contribution in [0.1, 0.15) is 50.2 Å². The summed E-state index contributed by atoms with van der Waals surface area (Å²) >= 11 is 0. The van der Waals surface area contributed by atoms with Crippen LogP contribution in [0.3, 0.4) is 0 Å². The fourth-order valence-electron chi connectivity index (χ4n) is 8.23. The maximum atomic E-state index is 17.0. The number of halogens is 3. The molecule has 0 spiro atoms. The van der Waals surface area contributed by atoms with Gasteiger partial charge < -0.3 is 30.5 Å². The first-order valence-electron chi connectivity index (χ1n) is 18.7. The molecule has 17 heteroatoms. The van der Waals surface area contributed by atoms with Crippen molar-refractivity contribution >= 4 is 45.2 Å². The molecule has 2 aliphatic heterocycles. The third-order valence-electron chi connectivity index (χ3n) is 11.3. The number of hydrogen-bond donors (Lipinski definition) is 4. The summed E-state index contributed by atoms with van der Waals surface area (Å²) in [6.45, 7) is 2.81. The van der Waals surface area contributed by atoms with E-state index < -0.39 is 47.3 Å². The minimum absolute atomic E-state index is 0.0663. The van der Waals surface area contributed by atoms with Crippen LogP contribution in [0.15, 0.2) is 36.7 Å². The first-order chi connectivity index (χ1) is 26.9. The molecule has 3 fully saturated rings. The molecule has 5 aromatic rings. The Labute approximate surface area is 319 Å². The molecule has 2 unspecified atom stereocenters. The van der Waals surface area contributed by atoms with Gasteiger partial charge in [0.15, 0.2) is 11.6 Å². The average Bonchev–Trinajstić information content (AvgIpc) is 3.83. The van der Waals surface area contributed by atoms with Crippen LogP contribution in [-0.4, -0.2) is 108 Å². The Morgan fingerprint density at radius 1 is 1.14 bits per heavy atom. The number of aromatic hydroxyl groups is 1. The van der Waals surface area contributed by atoms with E-state index in [1.165, 1.54) is 41.6 Å². The summed E-state index contributed by atoms with van der Waals surface area (Å²) in [5, 5.41) is 32.0. The number of ether oxygens (including phenoxy) is 1. The van der Waals surface area contributed by atoms with Gasteiger partial charge in [0.1, 0.15) is 41.4 Å². The lowest BCUT2D eigenvalue weighted by atomic mass is 9.81. The number of carbonyl (C=O) groups is 2. The molecule has 3 aromatic heterocycles. The molecule has 14 nitrogen and oxygen atoms in total. The Morgan fingerprint density at radius 3 is 2.70 bits per heavy atom. The molecule has 294 valence electrons. The van der Waals surface area contributed by atoms with Crippen LogP contribution >= 0.6 is 0 Å². The number of aromatic nitrogens is 5. The molecule has 8 rings (SSSR count). The molecule has 2 saturated heterocycles. The number of nitrogens with zero attached hydrogens (tertiary/aromatic N) is 7. The van der Waals surface area contributed by atoms with Crippen molar-refractivity contribution in [3.8, 4) is 23.0 Å². The van der Waals surface area contributed by atoms with E-state index in [1.807, 2.05) is 0 Å². The third kappa shape index (κ3) is 6.61. The van der Waals surface area contributed by atoms with E-state index >= 15 is 8.78 Å². The highest BCUT2D eigenvalue weighted by atomic mass is 19.1. The van der Waals surface area contributed by atoms with E-state index in [-0.39, 0.29) is 65.1 Å². The number of phenols is 1. The smallest absolute Gasteiger partial charge is 0.344 e. The van der Waals surface area contributed by atoms with Gasteiger partial charge in [-0.25, -0.2) is 18.0 Å². The lowest BCUT2D eigenvalue weighted by Gasteiger charge is -2.30. The predicted octanol–water partition coefficient (Wildman–Crippen LogP) is 5.39. The van der Waals surface area contributed by atoms with Crippen molar-refractivity contribution in [2.75, 3.05) is 44.4 Å². The summed E-state index contributed by atoms with van der Waals surface area (Å²) in [5.74, 6) is -2.40. The number of aryl methyl sites for hydroxylation is 1. The van der Waals surface area contributed by atoms with Gasteiger partial charge in [-0.15, -0.1) is 5.10 Å². The van der Waals surface area contributed by atoms with Crippen molar-refractivity contribution < 1.29 is 37.7 Å². The lowest BCUT2D eigenvalue weighted by Crippen LogP contribution is -2.43. The van der Waals surface area contributed by atoms with Crippen molar-refractivity contribution in [3.63, 3.8) is 0 Å². The van der Waals surface area contributed by atoms with Gasteiger partial charge in [-0.2, -0.15) is 14.6 Å². The Morgan fingerprint density at radius 2 is 1.96 bits per heavy atom. The standard InChI is InChI=1S/C39H42F3N9O5/c1-4-24-28(41)8-6-20-12-23(52)13-26(30(20)24)32-31(42)33-27(16-43-32)35(47-37(45-33)56-19-39-10-5-11-50(39)18-22(40)14-39)44-15-21-17-51(38(55)49(2)3)48-34(21)46-36(54)25-7-9-29(25)53/h6,8,12-13,16-17,22,25,29,52-53H,4-5,7,9-11,14-15,18-19H2,1-3H3,(H,44,45,47)(H,46,48,54)/t22-,25?,29?,39+/m1/s1. The van der Waals surface area contributed by atoms with E-state index in [0.717, 1.165) is 24.1 Å². The molecular weight excluding hydrogens is 731 g/mol. The number of hydrogen-bond acceptors (Lipinski definition) is 11. The van der Waals surface area contributed by atoms with Gasteiger partial charge in [-0.3, -0.25) is 14.7 Å². The van der Waals surface area contributed by atoms with E-state index in [4.69, 9.17) is 4.74 Å².